The van der Waals surface area contributed by atoms with Gasteiger partial charge in [-0.15, -0.1) is 0 Å². The Hall–Kier alpha value is -3.42. The van der Waals surface area contributed by atoms with Crippen molar-refractivity contribution in [2.75, 3.05) is 59.5 Å². The van der Waals surface area contributed by atoms with Crippen LogP contribution in [0.4, 0.5) is 5.69 Å². The summed E-state index contributed by atoms with van der Waals surface area (Å²) in [6, 6.07) is 13.6. The summed E-state index contributed by atoms with van der Waals surface area (Å²) >= 11 is 0. The number of anilines is 1. The van der Waals surface area contributed by atoms with E-state index in [2.05, 4.69) is 29.4 Å². The lowest BCUT2D eigenvalue weighted by Crippen LogP contribution is -2.39. The van der Waals surface area contributed by atoms with Crippen molar-refractivity contribution in [1.82, 2.24) is 10.2 Å². The van der Waals surface area contributed by atoms with Crippen LogP contribution in [0.2, 0.25) is 0 Å². The molecule has 3 rings (SSSR count). The largest absolute Gasteiger partial charge is 0.493 e. The van der Waals surface area contributed by atoms with Crippen LogP contribution in [-0.4, -0.2) is 71.3 Å². The average Bonchev–Trinajstić information content (AvgIpc) is 2.90. The number of likely N-dealkylation sites (tertiary alicyclic amines) is 1. The van der Waals surface area contributed by atoms with E-state index >= 15 is 0 Å². The predicted molar refractivity (Wildman–Crippen MR) is 137 cm³/mol. The van der Waals surface area contributed by atoms with Crippen LogP contribution in [0.3, 0.4) is 0 Å². The Morgan fingerprint density at radius 2 is 1.63 bits per heavy atom. The number of rotatable bonds is 11. The van der Waals surface area contributed by atoms with Gasteiger partial charge in [0, 0.05) is 50.9 Å². The van der Waals surface area contributed by atoms with E-state index in [-0.39, 0.29) is 17.7 Å². The van der Waals surface area contributed by atoms with Crippen molar-refractivity contribution in [1.29, 1.82) is 0 Å². The van der Waals surface area contributed by atoms with Gasteiger partial charge in [0.1, 0.15) is 0 Å². The molecule has 1 heterocycles. The average molecular weight is 484 g/mol. The maximum absolute atomic E-state index is 13.1. The van der Waals surface area contributed by atoms with Gasteiger partial charge < -0.3 is 29.3 Å². The van der Waals surface area contributed by atoms with Crippen LogP contribution in [0.1, 0.15) is 36.0 Å². The number of carbonyl (C=O) groups is 2. The zero-order valence-electron chi connectivity index (χ0n) is 21.2. The molecule has 0 atom stereocenters. The van der Waals surface area contributed by atoms with E-state index in [0.29, 0.717) is 48.9 Å². The maximum Gasteiger partial charge on any atom is 0.254 e. The lowest BCUT2D eigenvalue weighted by atomic mass is 9.92. The first kappa shape index (κ1) is 26.2. The Morgan fingerprint density at radius 3 is 2.20 bits per heavy atom. The Balaban J connectivity index is 1.42. The third-order valence-electron chi connectivity index (χ3n) is 6.48. The van der Waals surface area contributed by atoms with E-state index in [4.69, 9.17) is 14.2 Å². The van der Waals surface area contributed by atoms with Crippen LogP contribution in [0, 0.1) is 5.92 Å². The summed E-state index contributed by atoms with van der Waals surface area (Å²) in [5.74, 6) is 1.67. The van der Waals surface area contributed by atoms with Gasteiger partial charge in [-0.2, -0.15) is 0 Å². The van der Waals surface area contributed by atoms with E-state index < -0.39 is 0 Å². The highest BCUT2D eigenvalue weighted by Crippen LogP contribution is 2.38. The number of carbonyl (C=O) groups excluding carboxylic acids is 2. The molecular weight excluding hydrogens is 446 g/mol. The maximum atomic E-state index is 13.1. The number of hydrogen-bond donors (Lipinski definition) is 1. The summed E-state index contributed by atoms with van der Waals surface area (Å²) in [5, 5.41) is 3.05. The number of para-hydroxylation sites is 1. The Bertz CT molecular complexity index is 949. The molecule has 190 valence electrons. The van der Waals surface area contributed by atoms with Crippen molar-refractivity contribution in [3.05, 3.63) is 48.0 Å². The van der Waals surface area contributed by atoms with Crippen LogP contribution in [0.5, 0.6) is 17.2 Å². The highest BCUT2D eigenvalue weighted by Gasteiger charge is 2.26. The third kappa shape index (κ3) is 7.04. The molecule has 2 amide bonds. The molecule has 0 aromatic heterocycles. The smallest absolute Gasteiger partial charge is 0.254 e. The fraction of sp³-hybridized carbons (Fsp3) is 0.481. The molecule has 0 unspecified atom stereocenters. The topological polar surface area (TPSA) is 80.3 Å². The number of piperidine rings is 1. The minimum Gasteiger partial charge on any atom is -0.493 e. The van der Waals surface area contributed by atoms with Gasteiger partial charge in [0.15, 0.2) is 11.5 Å². The highest BCUT2D eigenvalue weighted by molar-refractivity contribution is 5.95. The number of amides is 2. The molecule has 0 aliphatic carbocycles. The minimum absolute atomic E-state index is 0.0744. The molecule has 8 nitrogen and oxygen atoms in total. The summed E-state index contributed by atoms with van der Waals surface area (Å²) < 4.78 is 16.1. The molecule has 35 heavy (non-hydrogen) atoms. The van der Waals surface area contributed by atoms with Crippen LogP contribution < -0.4 is 24.4 Å². The van der Waals surface area contributed by atoms with Crippen molar-refractivity contribution in [2.45, 2.75) is 25.7 Å². The molecule has 0 radical (unpaired) electrons. The molecule has 1 aliphatic heterocycles. The first-order chi connectivity index (χ1) is 17.0. The number of nitrogens with zero attached hydrogens (tertiary/aromatic N) is 2. The van der Waals surface area contributed by atoms with Crippen molar-refractivity contribution >= 4 is 17.5 Å². The summed E-state index contributed by atoms with van der Waals surface area (Å²) in [6.07, 6.45) is 3.00. The molecule has 0 spiro atoms. The van der Waals surface area contributed by atoms with Gasteiger partial charge in [-0.25, -0.2) is 0 Å². The number of benzene rings is 2. The molecule has 0 bridgehead atoms. The minimum atomic E-state index is -0.0744. The lowest BCUT2D eigenvalue weighted by Gasteiger charge is -2.32. The van der Waals surface area contributed by atoms with E-state index in [9.17, 15) is 9.59 Å². The van der Waals surface area contributed by atoms with Crippen molar-refractivity contribution < 1.29 is 23.8 Å². The standard InChI is InChI=1S/C27H37N3O5/c1-29(22-9-6-5-7-10-22)14-8-13-28-25(31)17-20-11-15-30(16-12-20)27(32)21-18-23(33-2)26(35-4)24(19-21)34-3/h5-7,9-10,18-20H,8,11-17H2,1-4H3,(H,28,31). The number of methoxy groups -OCH3 is 3. The van der Waals surface area contributed by atoms with Crippen LogP contribution in [-0.2, 0) is 4.79 Å². The van der Waals surface area contributed by atoms with Gasteiger partial charge in [0.2, 0.25) is 11.7 Å². The normalized spacial score (nSPS) is 13.8. The first-order valence-corrected chi connectivity index (χ1v) is 12.1. The molecule has 1 aliphatic rings. The molecule has 8 heteroatoms. The first-order valence-electron chi connectivity index (χ1n) is 12.1. The number of hydrogen-bond acceptors (Lipinski definition) is 6. The number of ether oxygens (including phenoxy) is 3. The van der Waals surface area contributed by atoms with Gasteiger partial charge in [0.25, 0.3) is 5.91 Å². The molecule has 2 aromatic carbocycles. The predicted octanol–water partition coefficient (Wildman–Crippen LogP) is 3.60. The fourth-order valence-electron chi connectivity index (χ4n) is 4.42. The van der Waals surface area contributed by atoms with Gasteiger partial charge in [0.05, 0.1) is 21.3 Å². The Labute approximate surface area is 208 Å². The molecule has 1 N–H and O–H groups in total. The Morgan fingerprint density at radius 1 is 1.00 bits per heavy atom. The second kappa shape index (κ2) is 12.9. The van der Waals surface area contributed by atoms with Gasteiger partial charge in [-0.1, -0.05) is 18.2 Å². The quantitative estimate of drug-likeness (QED) is 0.492. The van der Waals surface area contributed by atoms with Crippen LogP contribution in [0.15, 0.2) is 42.5 Å². The van der Waals surface area contributed by atoms with Crippen LogP contribution in [0.25, 0.3) is 0 Å². The lowest BCUT2D eigenvalue weighted by molar-refractivity contribution is -0.122. The molecule has 2 aromatic rings. The zero-order valence-corrected chi connectivity index (χ0v) is 21.2. The number of nitrogens with one attached hydrogen (secondary N) is 1. The highest BCUT2D eigenvalue weighted by atomic mass is 16.5. The van der Waals surface area contributed by atoms with Crippen molar-refractivity contribution in [3.8, 4) is 17.2 Å². The second-order valence-corrected chi connectivity index (χ2v) is 8.81. The summed E-state index contributed by atoms with van der Waals surface area (Å²) in [4.78, 5) is 29.5. The van der Waals surface area contributed by atoms with Crippen molar-refractivity contribution in [2.24, 2.45) is 5.92 Å². The fourth-order valence-corrected chi connectivity index (χ4v) is 4.42. The van der Waals surface area contributed by atoms with Crippen LogP contribution >= 0.6 is 0 Å². The van der Waals surface area contributed by atoms with E-state index in [1.807, 2.05) is 23.1 Å². The summed E-state index contributed by atoms with van der Waals surface area (Å²) in [6.45, 7) is 2.78. The summed E-state index contributed by atoms with van der Waals surface area (Å²) in [5.41, 5.74) is 1.67. The zero-order chi connectivity index (χ0) is 25.2. The Kier molecular flexibility index (Phi) is 9.64. The molecule has 1 saturated heterocycles. The van der Waals surface area contributed by atoms with E-state index in [0.717, 1.165) is 25.8 Å². The molecule has 1 fully saturated rings. The molecular formula is C27H37N3O5. The van der Waals surface area contributed by atoms with E-state index in [1.54, 1.807) is 12.1 Å². The monoisotopic (exact) mass is 483 g/mol. The SMILES string of the molecule is COc1cc(C(=O)N2CCC(CC(=O)NCCCN(C)c3ccccc3)CC2)cc(OC)c1OC. The summed E-state index contributed by atoms with van der Waals surface area (Å²) in [7, 11) is 6.66. The van der Waals surface area contributed by atoms with E-state index in [1.165, 1.54) is 27.0 Å². The van der Waals surface area contributed by atoms with Gasteiger partial charge >= 0.3 is 0 Å². The van der Waals surface area contributed by atoms with Gasteiger partial charge in [-0.3, -0.25) is 9.59 Å². The van der Waals surface area contributed by atoms with Gasteiger partial charge in [-0.05, 0) is 49.4 Å². The molecule has 0 saturated carbocycles. The second-order valence-electron chi connectivity index (χ2n) is 8.81. The third-order valence-corrected chi connectivity index (χ3v) is 6.48. The van der Waals surface area contributed by atoms with Crippen molar-refractivity contribution in [3.63, 3.8) is 0 Å².